The lowest BCUT2D eigenvalue weighted by atomic mass is 10.1. The van der Waals surface area contributed by atoms with Crippen molar-refractivity contribution < 1.29 is 9.53 Å². The van der Waals surface area contributed by atoms with Gasteiger partial charge in [0.2, 0.25) is 5.91 Å². The predicted molar refractivity (Wildman–Crippen MR) is 101 cm³/mol. The van der Waals surface area contributed by atoms with Crippen LogP contribution in [0, 0.1) is 0 Å². The van der Waals surface area contributed by atoms with Crippen molar-refractivity contribution in [1.82, 2.24) is 15.3 Å². The van der Waals surface area contributed by atoms with Crippen molar-refractivity contribution in [3.63, 3.8) is 0 Å². The van der Waals surface area contributed by atoms with Crippen LogP contribution < -0.4 is 10.1 Å². The molecule has 0 aliphatic rings. The van der Waals surface area contributed by atoms with Gasteiger partial charge >= 0.3 is 0 Å². The van der Waals surface area contributed by atoms with Gasteiger partial charge in [-0.1, -0.05) is 18.2 Å². The molecular formula is C21H21N3O2. The third-order valence-corrected chi connectivity index (χ3v) is 3.87. The van der Waals surface area contributed by atoms with Crippen LogP contribution in [-0.2, 0) is 17.8 Å². The molecule has 0 radical (unpaired) electrons. The molecule has 2 aromatic heterocycles. The van der Waals surface area contributed by atoms with Gasteiger partial charge in [0.15, 0.2) is 0 Å². The molecule has 5 heteroatoms. The van der Waals surface area contributed by atoms with E-state index in [1.54, 1.807) is 18.6 Å². The Morgan fingerprint density at radius 1 is 1.04 bits per heavy atom. The van der Waals surface area contributed by atoms with Crippen molar-refractivity contribution in [1.29, 1.82) is 0 Å². The Hall–Kier alpha value is -3.21. The quantitative estimate of drug-likeness (QED) is 0.711. The summed E-state index contributed by atoms with van der Waals surface area (Å²) in [5, 5.41) is 2.92. The van der Waals surface area contributed by atoms with Gasteiger partial charge in [-0.25, -0.2) is 0 Å². The van der Waals surface area contributed by atoms with Crippen LogP contribution in [0.1, 0.15) is 18.1 Å². The molecule has 0 spiro atoms. The second-order valence-corrected chi connectivity index (χ2v) is 5.82. The lowest BCUT2D eigenvalue weighted by molar-refractivity contribution is -0.120. The first-order valence-corrected chi connectivity index (χ1v) is 8.58. The van der Waals surface area contributed by atoms with E-state index in [4.69, 9.17) is 4.74 Å². The molecule has 26 heavy (non-hydrogen) atoms. The zero-order valence-corrected chi connectivity index (χ0v) is 14.7. The minimum absolute atomic E-state index is 0.0227. The Morgan fingerprint density at radius 3 is 2.50 bits per heavy atom. The van der Waals surface area contributed by atoms with Crippen LogP contribution in [0.3, 0.4) is 0 Å². The number of aromatic nitrogens is 2. The van der Waals surface area contributed by atoms with Crippen molar-refractivity contribution in [2.24, 2.45) is 0 Å². The number of nitrogens with one attached hydrogen (secondary N) is 1. The second-order valence-electron chi connectivity index (χ2n) is 5.82. The summed E-state index contributed by atoms with van der Waals surface area (Å²) in [4.78, 5) is 20.6. The monoisotopic (exact) mass is 347 g/mol. The van der Waals surface area contributed by atoms with Gasteiger partial charge in [-0.3, -0.25) is 14.8 Å². The van der Waals surface area contributed by atoms with Crippen LogP contribution >= 0.6 is 0 Å². The molecule has 1 amide bonds. The standard InChI is InChI=1S/C21H21N3O2/c1-2-26-19-8-5-16(6-9-19)12-21(25)24-14-17-7-10-20(23-13-17)18-4-3-11-22-15-18/h3-11,13,15H,2,12,14H2,1H3,(H,24,25). The van der Waals surface area contributed by atoms with Crippen LogP contribution in [0.15, 0.2) is 67.1 Å². The zero-order chi connectivity index (χ0) is 18.2. The first-order valence-electron chi connectivity index (χ1n) is 8.58. The molecule has 0 bridgehead atoms. The second kappa shape index (κ2) is 8.76. The van der Waals surface area contributed by atoms with Gasteiger partial charge in [-0.05, 0) is 48.4 Å². The van der Waals surface area contributed by atoms with E-state index in [1.165, 1.54) is 0 Å². The largest absolute Gasteiger partial charge is 0.494 e. The van der Waals surface area contributed by atoms with Crippen LogP contribution in [-0.4, -0.2) is 22.5 Å². The molecule has 3 aromatic rings. The molecule has 1 aromatic carbocycles. The number of ether oxygens (including phenoxy) is 1. The van der Waals surface area contributed by atoms with Gasteiger partial charge in [0.1, 0.15) is 5.75 Å². The molecule has 1 N–H and O–H groups in total. The summed E-state index contributed by atoms with van der Waals surface area (Å²) in [6, 6.07) is 15.3. The SMILES string of the molecule is CCOc1ccc(CC(=O)NCc2ccc(-c3cccnc3)nc2)cc1. The first kappa shape index (κ1) is 17.6. The Labute approximate surface area is 153 Å². The number of pyridine rings is 2. The zero-order valence-electron chi connectivity index (χ0n) is 14.7. The number of carbonyl (C=O) groups excluding carboxylic acids is 1. The maximum absolute atomic E-state index is 12.1. The number of hydrogen-bond donors (Lipinski definition) is 1. The molecule has 0 saturated heterocycles. The van der Waals surface area contributed by atoms with Crippen LogP contribution in [0.2, 0.25) is 0 Å². The molecule has 132 valence electrons. The van der Waals surface area contributed by atoms with E-state index in [2.05, 4.69) is 15.3 Å². The molecule has 0 fully saturated rings. The topological polar surface area (TPSA) is 64.1 Å². The molecule has 0 saturated carbocycles. The van der Waals surface area contributed by atoms with Gasteiger partial charge in [-0.2, -0.15) is 0 Å². The summed E-state index contributed by atoms with van der Waals surface area (Å²) < 4.78 is 5.40. The lowest BCUT2D eigenvalue weighted by Crippen LogP contribution is -2.24. The Balaban J connectivity index is 1.51. The van der Waals surface area contributed by atoms with E-state index in [0.717, 1.165) is 28.1 Å². The fraction of sp³-hybridized carbons (Fsp3) is 0.190. The van der Waals surface area contributed by atoms with Crippen LogP contribution in [0.25, 0.3) is 11.3 Å². The van der Waals surface area contributed by atoms with E-state index < -0.39 is 0 Å². The average Bonchev–Trinajstić information content (AvgIpc) is 2.69. The third kappa shape index (κ3) is 4.89. The first-order chi connectivity index (χ1) is 12.7. The van der Waals surface area contributed by atoms with E-state index >= 15 is 0 Å². The molecule has 0 atom stereocenters. The van der Waals surface area contributed by atoms with Crippen molar-refractivity contribution >= 4 is 5.91 Å². The van der Waals surface area contributed by atoms with Gasteiger partial charge in [-0.15, -0.1) is 0 Å². The lowest BCUT2D eigenvalue weighted by Gasteiger charge is -2.07. The number of amides is 1. The van der Waals surface area contributed by atoms with Gasteiger partial charge < -0.3 is 10.1 Å². The predicted octanol–water partition coefficient (Wildman–Crippen LogP) is 3.40. The molecule has 0 aliphatic heterocycles. The number of rotatable bonds is 7. The highest BCUT2D eigenvalue weighted by Crippen LogP contribution is 2.15. The number of nitrogens with zero attached hydrogens (tertiary/aromatic N) is 2. The Bertz CT molecular complexity index is 831. The highest BCUT2D eigenvalue weighted by molar-refractivity contribution is 5.78. The van der Waals surface area contributed by atoms with Crippen molar-refractivity contribution in [3.05, 3.63) is 78.2 Å². The molecule has 0 unspecified atom stereocenters. The molecule has 0 aliphatic carbocycles. The van der Waals surface area contributed by atoms with E-state index in [-0.39, 0.29) is 5.91 Å². The van der Waals surface area contributed by atoms with E-state index in [0.29, 0.717) is 19.6 Å². The summed E-state index contributed by atoms with van der Waals surface area (Å²) in [7, 11) is 0. The fourth-order valence-electron chi connectivity index (χ4n) is 2.53. The molecule has 2 heterocycles. The maximum Gasteiger partial charge on any atom is 0.224 e. The van der Waals surface area contributed by atoms with Crippen molar-refractivity contribution in [3.8, 4) is 17.0 Å². The normalized spacial score (nSPS) is 10.3. The summed E-state index contributed by atoms with van der Waals surface area (Å²) in [5.41, 5.74) is 3.75. The minimum Gasteiger partial charge on any atom is -0.494 e. The van der Waals surface area contributed by atoms with E-state index in [1.807, 2.05) is 55.5 Å². The number of benzene rings is 1. The maximum atomic E-state index is 12.1. The Kier molecular flexibility index (Phi) is 5.93. The average molecular weight is 347 g/mol. The van der Waals surface area contributed by atoms with Gasteiger partial charge in [0.05, 0.1) is 18.7 Å². The smallest absolute Gasteiger partial charge is 0.224 e. The highest BCUT2D eigenvalue weighted by atomic mass is 16.5. The summed E-state index contributed by atoms with van der Waals surface area (Å²) in [5.74, 6) is 0.793. The van der Waals surface area contributed by atoms with E-state index in [9.17, 15) is 4.79 Å². The molecular weight excluding hydrogens is 326 g/mol. The summed E-state index contributed by atoms with van der Waals surface area (Å²) in [6.07, 6.45) is 5.63. The Morgan fingerprint density at radius 2 is 1.85 bits per heavy atom. The number of carbonyl (C=O) groups is 1. The molecule has 5 nitrogen and oxygen atoms in total. The summed E-state index contributed by atoms with van der Waals surface area (Å²) >= 11 is 0. The summed E-state index contributed by atoms with van der Waals surface area (Å²) in [6.45, 7) is 3.03. The van der Waals surface area contributed by atoms with Crippen LogP contribution in [0.5, 0.6) is 5.75 Å². The third-order valence-electron chi connectivity index (χ3n) is 3.87. The van der Waals surface area contributed by atoms with Crippen molar-refractivity contribution in [2.75, 3.05) is 6.61 Å². The van der Waals surface area contributed by atoms with Crippen molar-refractivity contribution in [2.45, 2.75) is 19.9 Å². The highest BCUT2D eigenvalue weighted by Gasteiger charge is 2.05. The van der Waals surface area contributed by atoms with Gasteiger partial charge in [0.25, 0.3) is 0 Å². The number of hydrogen-bond acceptors (Lipinski definition) is 4. The fourth-order valence-corrected chi connectivity index (χ4v) is 2.53. The molecule has 3 rings (SSSR count). The van der Waals surface area contributed by atoms with Gasteiger partial charge in [0, 0.05) is 30.7 Å². The minimum atomic E-state index is -0.0227. The van der Waals surface area contributed by atoms with Crippen LogP contribution in [0.4, 0.5) is 0 Å².